The van der Waals surface area contributed by atoms with E-state index in [1.54, 1.807) is 0 Å². The van der Waals surface area contributed by atoms with Gasteiger partial charge in [0.05, 0.1) is 33.3 Å². The van der Waals surface area contributed by atoms with Crippen molar-refractivity contribution in [2.24, 2.45) is 0 Å². The summed E-state index contributed by atoms with van der Waals surface area (Å²) in [7, 11) is 0. The summed E-state index contributed by atoms with van der Waals surface area (Å²) < 4.78 is 11.3. The molecule has 5 heteroatoms. The van der Waals surface area contributed by atoms with E-state index in [1.807, 2.05) is 6.07 Å². The number of rotatable bonds is 4. The van der Waals surface area contributed by atoms with Gasteiger partial charge < -0.3 is 8.98 Å². The fourth-order valence-corrected chi connectivity index (χ4v) is 9.50. The van der Waals surface area contributed by atoms with Gasteiger partial charge in [-0.3, -0.25) is 4.57 Å². The monoisotopic (exact) mass is 752 g/mol. The molecule has 0 atom stereocenters. The van der Waals surface area contributed by atoms with Crippen LogP contribution in [0.2, 0.25) is 0 Å². The number of benzene rings is 9. The Bertz CT molecular complexity index is 3850. The molecule has 0 radical (unpaired) electrons. The molecule has 9 aromatic carbocycles. The first-order valence-electron chi connectivity index (χ1n) is 20.0. The van der Waals surface area contributed by atoms with Gasteiger partial charge in [-0.2, -0.15) is 0 Å². The van der Waals surface area contributed by atoms with Gasteiger partial charge in [0.15, 0.2) is 0 Å². The summed E-state index contributed by atoms with van der Waals surface area (Å²) in [4.78, 5) is 10.7. The second kappa shape index (κ2) is 12.2. The van der Waals surface area contributed by atoms with E-state index in [0.29, 0.717) is 5.95 Å². The quantitative estimate of drug-likeness (QED) is 0.180. The maximum absolute atomic E-state index is 6.74. The molecule has 4 heterocycles. The third kappa shape index (κ3) is 4.67. The van der Waals surface area contributed by atoms with Gasteiger partial charge in [-0.25, -0.2) is 9.97 Å². The molecule has 0 unspecified atom stereocenters. The second-order valence-electron chi connectivity index (χ2n) is 15.3. The maximum Gasteiger partial charge on any atom is 0.235 e. The van der Waals surface area contributed by atoms with Gasteiger partial charge in [0.25, 0.3) is 0 Å². The van der Waals surface area contributed by atoms with Crippen molar-refractivity contribution in [3.63, 3.8) is 0 Å². The average molecular weight is 753 g/mol. The van der Waals surface area contributed by atoms with Crippen molar-refractivity contribution in [2.75, 3.05) is 0 Å². The third-order valence-electron chi connectivity index (χ3n) is 12.1. The van der Waals surface area contributed by atoms with Gasteiger partial charge in [0.2, 0.25) is 5.95 Å². The van der Waals surface area contributed by atoms with E-state index in [2.05, 4.69) is 197 Å². The van der Waals surface area contributed by atoms with Crippen LogP contribution in [0, 0.1) is 0 Å². The van der Waals surface area contributed by atoms with E-state index >= 15 is 0 Å². The fraction of sp³-hybridized carbons (Fsp3) is 0. The smallest absolute Gasteiger partial charge is 0.235 e. The molecular formula is C54H32N4O. The molecule has 5 nitrogen and oxygen atoms in total. The minimum atomic E-state index is 0.613. The predicted molar refractivity (Wildman–Crippen MR) is 244 cm³/mol. The first-order chi connectivity index (χ1) is 29.3. The number of nitrogens with zero attached hydrogens (tertiary/aromatic N) is 4. The van der Waals surface area contributed by atoms with Crippen molar-refractivity contribution >= 4 is 87.2 Å². The topological polar surface area (TPSA) is 48.8 Å². The Morgan fingerprint density at radius 2 is 1.03 bits per heavy atom. The van der Waals surface area contributed by atoms with E-state index < -0.39 is 0 Å². The zero-order valence-electron chi connectivity index (χ0n) is 31.7. The zero-order chi connectivity index (χ0) is 38.6. The van der Waals surface area contributed by atoms with Gasteiger partial charge in [-0.05, 0) is 82.6 Å². The van der Waals surface area contributed by atoms with Crippen LogP contribution in [0.4, 0.5) is 0 Å². The predicted octanol–water partition coefficient (Wildman–Crippen LogP) is 14.2. The number of hydrogen-bond donors (Lipinski definition) is 0. The molecule has 0 spiro atoms. The van der Waals surface area contributed by atoms with Crippen LogP contribution >= 0.6 is 0 Å². The summed E-state index contributed by atoms with van der Waals surface area (Å²) in [6.45, 7) is 0. The minimum absolute atomic E-state index is 0.613. The van der Waals surface area contributed by atoms with Crippen LogP contribution in [0.3, 0.4) is 0 Å². The number of hydrogen-bond acceptors (Lipinski definition) is 3. The highest BCUT2D eigenvalue weighted by atomic mass is 16.3. The van der Waals surface area contributed by atoms with Crippen molar-refractivity contribution in [3.05, 3.63) is 194 Å². The van der Waals surface area contributed by atoms with Crippen LogP contribution in [-0.4, -0.2) is 19.1 Å². The lowest BCUT2D eigenvalue weighted by Gasteiger charge is -2.12. The van der Waals surface area contributed by atoms with Crippen molar-refractivity contribution in [3.8, 4) is 34.0 Å². The van der Waals surface area contributed by atoms with Crippen molar-refractivity contribution in [2.45, 2.75) is 0 Å². The first-order valence-corrected chi connectivity index (χ1v) is 20.0. The molecule has 0 N–H and O–H groups in total. The summed E-state index contributed by atoms with van der Waals surface area (Å²) in [6, 6.07) is 68.9. The van der Waals surface area contributed by atoms with Crippen LogP contribution < -0.4 is 0 Å². The Morgan fingerprint density at radius 3 is 1.88 bits per heavy atom. The maximum atomic E-state index is 6.74. The Kier molecular flexibility index (Phi) is 6.66. The summed E-state index contributed by atoms with van der Waals surface area (Å²) >= 11 is 0. The van der Waals surface area contributed by atoms with Crippen LogP contribution in [0.1, 0.15) is 0 Å². The standard InChI is InChI=1S/C54H32N4O/c1-2-13-33(14-3-1)35-25-28-48-43(31-35)38-17-7-10-23-46(38)57(48)36-27-29-49-44(32-36)39-18-8-11-24-47(39)58(49)54-55-45-22-9-6-19-40(45)52(56-54)42-21-12-20-41-51-37-16-5-4-15-34(37)26-30-50(51)59-53(41)42/h1-32H. The average Bonchev–Trinajstić information content (AvgIpc) is 3.96. The number of aromatic nitrogens is 4. The molecule has 0 aliphatic carbocycles. The van der Waals surface area contributed by atoms with Crippen molar-refractivity contribution < 1.29 is 4.42 Å². The molecule has 0 amide bonds. The van der Waals surface area contributed by atoms with E-state index in [9.17, 15) is 0 Å². The largest absolute Gasteiger partial charge is 0.455 e. The molecule has 13 aromatic rings. The lowest BCUT2D eigenvalue weighted by Crippen LogP contribution is -2.03. The minimum Gasteiger partial charge on any atom is -0.455 e. The van der Waals surface area contributed by atoms with Crippen LogP contribution in [0.15, 0.2) is 199 Å². The summed E-state index contributed by atoms with van der Waals surface area (Å²) in [5.74, 6) is 0.613. The Balaban J connectivity index is 1.04. The van der Waals surface area contributed by atoms with Crippen LogP contribution in [0.5, 0.6) is 0 Å². The molecule has 274 valence electrons. The van der Waals surface area contributed by atoms with E-state index in [0.717, 1.165) is 71.6 Å². The zero-order valence-corrected chi connectivity index (χ0v) is 31.7. The SMILES string of the molecule is c1ccc(-c2ccc3c(c2)c2ccccc2n3-c2ccc3c(c2)c2ccccc2n3-c2nc(-c3cccc4c3oc3ccc5ccccc5c34)c3ccccc3n2)cc1. The molecule has 59 heavy (non-hydrogen) atoms. The number of furan rings is 1. The Hall–Kier alpha value is -8.02. The third-order valence-corrected chi connectivity index (χ3v) is 12.1. The van der Waals surface area contributed by atoms with Gasteiger partial charge in [0, 0.05) is 49.0 Å². The highest BCUT2D eigenvalue weighted by Crippen LogP contribution is 2.42. The fourth-order valence-electron chi connectivity index (χ4n) is 9.50. The highest BCUT2D eigenvalue weighted by molar-refractivity contribution is 6.21. The molecule has 0 saturated heterocycles. The van der Waals surface area contributed by atoms with Gasteiger partial charge in [-0.1, -0.05) is 133 Å². The Morgan fingerprint density at radius 1 is 0.390 bits per heavy atom. The van der Waals surface area contributed by atoms with Crippen LogP contribution in [0.25, 0.3) is 121 Å². The molecule has 13 rings (SSSR count). The summed E-state index contributed by atoms with van der Waals surface area (Å²) in [5.41, 5.74) is 12.3. The molecule has 0 bridgehead atoms. The van der Waals surface area contributed by atoms with E-state index in [-0.39, 0.29) is 0 Å². The molecule has 0 fully saturated rings. The first kappa shape index (κ1) is 32.1. The normalized spacial score (nSPS) is 12.1. The number of fused-ring (bicyclic) bond motifs is 12. The van der Waals surface area contributed by atoms with Crippen LogP contribution in [-0.2, 0) is 0 Å². The summed E-state index contributed by atoms with van der Waals surface area (Å²) in [5, 5.41) is 10.3. The molecule has 4 aromatic heterocycles. The van der Waals surface area contributed by atoms with E-state index in [4.69, 9.17) is 14.4 Å². The molecule has 0 saturated carbocycles. The van der Waals surface area contributed by atoms with Gasteiger partial charge in [0.1, 0.15) is 11.2 Å². The van der Waals surface area contributed by atoms with Gasteiger partial charge in [-0.15, -0.1) is 0 Å². The van der Waals surface area contributed by atoms with Crippen molar-refractivity contribution in [1.29, 1.82) is 0 Å². The lowest BCUT2D eigenvalue weighted by atomic mass is 10.0. The molecule has 0 aliphatic rings. The van der Waals surface area contributed by atoms with Gasteiger partial charge >= 0.3 is 0 Å². The Labute approximate surface area is 337 Å². The highest BCUT2D eigenvalue weighted by Gasteiger charge is 2.22. The molecular weight excluding hydrogens is 721 g/mol. The lowest BCUT2D eigenvalue weighted by molar-refractivity contribution is 0.670. The van der Waals surface area contributed by atoms with E-state index in [1.165, 1.54) is 43.7 Å². The second-order valence-corrected chi connectivity index (χ2v) is 15.3. The summed E-state index contributed by atoms with van der Waals surface area (Å²) in [6.07, 6.45) is 0. The molecule has 0 aliphatic heterocycles. The van der Waals surface area contributed by atoms with Crippen molar-refractivity contribution in [1.82, 2.24) is 19.1 Å². The number of para-hydroxylation sites is 4.